The maximum absolute atomic E-state index is 11.8. The molecule has 0 radical (unpaired) electrons. The van der Waals surface area contributed by atoms with E-state index in [2.05, 4.69) is 10.3 Å². The molecule has 1 aromatic carbocycles. The third-order valence-electron chi connectivity index (χ3n) is 3.80. The number of nitrogens with one attached hydrogen (secondary N) is 1. The van der Waals surface area contributed by atoms with Gasteiger partial charge in [0.15, 0.2) is 5.92 Å². The predicted molar refractivity (Wildman–Crippen MR) is 101 cm³/mol. The zero-order valence-electron chi connectivity index (χ0n) is 15.7. The molecule has 0 saturated carbocycles. The molecular formula is C20H22N2O6. The largest absolute Gasteiger partial charge is 0.481 e. The Kier molecular flexibility index (Phi) is 6.35. The fraction of sp³-hybridized carbons (Fsp3) is 0.300. The molecule has 1 heterocycles. The van der Waals surface area contributed by atoms with Gasteiger partial charge in [0.1, 0.15) is 11.4 Å². The first-order valence-corrected chi connectivity index (χ1v) is 8.55. The monoisotopic (exact) mass is 386 g/mol. The molecule has 1 aromatic heterocycles. The van der Waals surface area contributed by atoms with Gasteiger partial charge in [0.2, 0.25) is 0 Å². The Morgan fingerprint density at radius 1 is 0.964 bits per heavy atom. The summed E-state index contributed by atoms with van der Waals surface area (Å²) in [6.45, 7) is 5.18. The summed E-state index contributed by atoms with van der Waals surface area (Å²) in [6, 6.07) is 11.5. The van der Waals surface area contributed by atoms with Crippen LogP contribution in [0.3, 0.4) is 0 Å². The topological polar surface area (TPSA) is 126 Å². The van der Waals surface area contributed by atoms with Gasteiger partial charge in [0, 0.05) is 12.1 Å². The van der Waals surface area contributed by atoms with Crippen LogP contribution in [0.15, 0.2) is 48.7 Å². The lowest BCUT2D eigenvalue weighted by molar-refractivity contribution is -0.155. The first kappa shape index (κ1) is 20.9. The normalized spacial score (nSPS) is 12.3. The van der Waals surface area contributed by atoms with Gasteiger partial charge in [-0.25, -0.2) is 9.78 Å². The van der Waals surface area contributed by atoms with E-state index < -0.39 is 35.5 Å². The van der Waals surface area contributed by atoms with Gasteiger partial charge in [0.25, 0.3) is 0 Å². The maximum atomic E-state index is 11.8. The number of amides is 1. The lowest BCUT2D eigenvalue weighted by Crippen LogP contribution is -2.30. The molecule has 0 spiro atoms. The number of carboxylic acid groups (broad SMARTS) is 2. The van der Waals surface area contributed by atoms with Gasteiger partial charge in [-0.1, -0.05) is 36.4 Å². The molecule has 28 heavy (non-hydrogen) atoms. The van der Waals surface area contributed by atoms with Crippen LogP contribution >= 0.6 is 0 Å². The van der Waals surface area contributed by atoms with E-state index >= 15 is 0 Å². The first-order chi connectivity index (χ1) is 13.1. The Labute approximate surface area is 162 Å². The van der Waals surface area contributed by atoms with Gasteiger partial charge in [-0.05, 0) is 38.0 Å². The molecular weight excluding hydrogens is 364 g/mol. The molecule has 0 saturated heterocycles. The zero-order chi connectivity index (χ0) is 20.9. The molecule has 8 heteroatoms. The Hall–Kier alpha value is -3.42. The van der Waals surface area contributed by atoms with Crippen molar-refractivity contribution in [3.05, 3.63) is 59.8 Å². The lowest BCUT2D eigenvalue weighted by atomic mass is 9.81. The molecule has 1 amide bonds. The predicted octanol–water partition coefficient (Wildman–Crippen LogP) is 3.35. The van der Waals surface area contributed by atoms with E-state index in [0.717, 1.165) is 0 Å². The van der Waals surface area contributed by atoms with Crippen LogP contribution in [-0.4, -0.2) is 38.8 Å². The second kappa shape index (κ2) is 8.51. The number of carbonyl (C=O) groups excluding carboxylic acids is 1. The highest BCUT2D eigenvalue weighted by molar-refractivity contribution is 5.94. The van der Waals surface area contributed by atoms with E-state index in [4.69, 9.17) is 4.74 Å². The summed E-state index contributed by atoms with van der Waals surface area (Å²) >= 11 is 0. The number of nitrogens with zero attached hydrogens (tertiary/aromatic N) is 1. The molecule has 2 rings (SSSR count). The molecule has 0 fully saturated rings. The van der Waals surface area contributed by atoms with Crippen LogP contribution in [0.4, 0.5) is 10.6 Å². The second-order valence-electron chi connectivity index (χ2n) is 7.15. The summed E-state index contributed by atoms with van der Waals surface area (Å²) in [4.78, 5) is 39.1. The molecule has 1 atom stereocenters. The summed E-state index contributed by atoms with van der Waals surface area (Å²) in [5, 5.41) is 21.4. The summed E-state index contributed by atoms with van der Waals surface area (Å²) in [5.74, 6) is -5.32. The highest BCUT2D eigenvalue weighted by Crippen LogP contribution is 2.33. The number of hydrogen-bond donors (Lipinski definition) is 3. The molecule has 1 unspecified atom stereocenters. The van der Waals surface area contributed by atoms with E-state index in [1.165, 1.54) is 18.3 Å². The number of rotatable bonds is 6. The van der Waals surface area contributed by atoms with E-state index in [1.54, 1.807) is 51.1 Å². The fourth-order valence-electron chi connectivity index (χ4n) is 2.70. The van der Waals surface area contributed by atoms with Crippen molar-refractivity contribution in [1.82, 2.24) is 4.98 Å². The van der Waals surface area contributed by atoms with Crippen molar-refractivity contribution < 1.29 is 29.3 Å². The molecule has 0 bridgehead atoms. The number of ether oxygens (including phenoxy) is 1. The van der Waals surface area contributed by atoms with Crippen LogP contribution in [0.2, 0.25) is 0 Å². The summed E-state index contributed by atoms with van der Waals surface area (Å²) < 4.78 is 5.14. The van der Waals surface area contributed by atoms with Crippen LogP contribution in [-0.2, 0) is 14.3 Å². The zero-order valence-corrected chi connectivity index (χ0v) is 15.7. The van der Waals surface area contributed by atoms with Crippen LogP contribution in [0.1, 0.15) is 37.8 Å². The number of benzene rings is 1. The van der Waals surface area contributed by atoms with Gasteiger partial charge >= 0.3 is 18.0 Å². The van der Waals surface area contributed by atoms with Crippen molar-refractivity contribution in [2.45, 2.75) is 32.3 Å². The van der Waals surface area contributed by atoms with Crippen LogP contribution in [0.25, 0.3) is 0 Å². The van der Waals surface area contributed by atoms with E-state index in [9.17, 15) is 24.6 Å². The average molecular weight is 386 g/mol. The van der Waals surface area contributed by atoms with E-state index in [-0.39, 0.29) is 5.82 Å². The first-order valence-electron chi connectivity index (χ1n) is 8.55. The van der Waals surface area contributed by atoms with E-state index in [0.29, 0.717) is 11.1 Å². The van der Waals surface area contributed by atoms with Crippen LogP contribution < -0.4 is 5.32 Å². The minimum Gasteiger partial charge on any atom is -0.481 e. The van der Waals surface area contributed by atoms with Crippen molar-refractivity contribution in [2.75, 3.05) is 5.32 Å². The summed E-state index contributed by atoms with van der Waals surface area (Å²) in [6.07, 6.45) is 0.671. The molecule has 148 valence electrons. The summed E-state index contributed by atoms with van der Waals surface area (Å²) in [5.41, 5.74) is 0.265. The standard InChI is InChI=1S/C20H22N2O6/c1-20(2,3)28-19(27)22-14-10-9-13(11-21-14)15(12-7-5-4-6-8-12)16(17(23)24)18(25)26/h4-11,15-16H,1-3H3,(H,23,24)(H,25,26)(H,21,22,27). The van der Waals surface area contributed by atoms with Gasteiger partial charge in [-0.3, -0.25) is 14.9 Å². The number of hydrogen-bond acceptors (Lipinski definition) is 5. The minimum atomic E-state index is -1.69. The number of pyridine rings is 1. The number of aliphatic carboxylic acids is 2. The number of carbonyl (C=O) groups is 3. The molecule has 0 aliphatic heterocycles. The number of carboxylic acids is 2. The van der Waals surface area contributed by atoms with E-state index in [1.807, 2.05) is 0 Å². The SMILES string of the molecule is CC(C)(C)OC(=O)Nc1ccc(C(c2ccccc2)C(C(=O)O)C(=O)O)cn1. The Morgan fingerprint density at radius 3 is 2.04 bits per heavy atom. The van der Waals surface area contributed by atoms with Gasteiger partial charge < -0.3 is 14.9 Å². The van der Waals surface area contributed by atoms with Crippen molar-refractivity contribution in [2.24, 2.45) is 5.92 Å². The maximum Gasteiger partial charge on any atom is 0.413 e. The van der Waals surface area contributed by atoms with Crippen LogP contribution in [0, 0.1) is 5.92 Å². The quantitative estimate of drug-likeness (QED) is 0.650. The highest BCUT2D eigenvalue weighted by Gasteiger charge is 2.37. The average Bonchev–Trinajstić information content (AvgIpc) is 2.58. The Morgan fingerprint density at radius 2 is 1.57 bits per heavy atom. The second-order valence-corrected chi connectivity index (χ2v) is 7.15. The van der Waals surface area contributed by atoms with Gasteiger partial charge in [-0.15, -0.1) is 0 Å². The molecule has 2 aromatic rings. The van der Waals surface area contributed by atoms with Crippen molar-refractivity contribution in [3.8, 4) is 0 Å². The molecule has 3 N–H and O–H groups in total. The Bertz CT molecular complexity index is 829. The molecule has 0 aliphatic carbocycles. The van der Waals surface area contributed by atoms with Crippen LogP contribution in [0.5, 0.6) is 0 Å². The summed E-state index contributed by atoms with van der Waals surface area (Å²) in [7, 11) is 0. The van der Waals surface area contributed by atoms with Gasteiger partial charge in [0.05, 0.1) is 0 Å². The third kappa shape index (κ3) is 5.54. The molecule has 0 aliphatic rings. The van der Waals surface area contributed by atoms with Crippen molar-refractivity contribution in [1.29, 1.82) is 0 Å². The smallest absolute Gasteiger partial charge is 0.413 e. The Balaban J connectivity index is 2.33. The van der Waals surface area contributed by atoms with Crippen molar-refractivity contribution >= 4 is 23.8 Å². The highest BCUT2D eigenvalue weighted by atomic mass is 16.6. The molecule has 8 nitrogen and oxygen atoms in total. The van der Waals surface area contributed by atoms with Gasteiger partial charge in [-0.2, -0.15) is 0 Å². The minimum absolute atomic E-state index is 0.201. The number of anilines is 1. The fourth-order valence-corrected chi connectivity index (χ4v) is 2.70. The number of aromatic nitrogens is 1. The van der Waals surface area contributed by atoms with Crippen molar-refractivity contribution in [3.63, 3.8) is 0 Å². The third-order valence-corrected chi connectivity index (χ3v) is 3.80. The lowest BCUT2D eigenvalue weighted by Gasteiger charge is -2.22.